The minimum atomic E-state index is -0.372. The summed E-state index contributed by atoms with van der Waals surface area (Å²) in [5.74, 6) is -0.203. The monoisotopic (exact) mass is 382 g/mol. The fraction of sp³-hybridized carbons (Fsp3) is 0.818. The van der Waals surface area contributed by atoms with Gasteiger partial charge in [-0.3, -0.25) is 0 Å². The largest absolute Gasteiger partial charge is 1.00 e. The summed E-state index contributed by atoms with van der Waals surface area (Å²) in [4.78, 5) is 22.3. The molecule has 0 aliphatic heterocycles. The summed E-state index contributed by atoms with van der Waals surface area (Å²) >= 11 is 0. The Kier molecular flexibility index (Phi) is 21.6. The molecule has 2 amide bonds. The number of carbonyl (C=O) groups is 2. The Morgan fingerprint density at radius 1 is 1.00 bits per heavy atom. The summed E-state index contributed by atoms with van der Waals surface area (Å²) in [7, 11) is 0. The fourth-order valence-electron chi connectivity index (χ4n) is 0.966. The summed E-state index contributed by atoms with van der Waals surface area (Å²) in [6, 6.07) is -0.0547. The number of nitrogens with zero attached hydrogens (tertiary/aromatic N) is 2. The summed E-state index contributed by atoms with van der Waals surface area (Å²) in [5, 5.41) is 7.53. The van der Waals surface area contributed by atoms with Crippen LogP contribution >= 0.6 is 0 Å². The van der Waals surface area contributed by atoms with Crippen molar-refractivity contribution in [2.75, 3.05) is 6.54 Å². The molecule has 0 atom stereocenters. The molecule has 17 heavy (non-hydrogen) atoms. The Hall–Kier alpha value is 2.55. The van der Waals surface area contributed by atoms with E-state index in [1.165, 1.54) is 0 Å². The molecule has 0 heterocycles. The molecular formula is C11H20N2O2Rb2. The molecule has 0 saturated heterocycles. The van der Waals surface area contributed by atoms with Crippen molar-refractivity contribution in [1.82, 2.24) is 0 Å². The van der Waals surface area contributed by atoms with E-state index < -0.39 is 0 Å². The number of hydrogen-bond acceptors (Lipinski definition) is 2. The van der Waals surface area contributed by atoms with Gasteiger partial charge in [-0.25, -0.2) is 0 Å². The number of rotatable bonds is 6. The van der Waals surface area contributed by atoms with E-state index >= 15 is 0 Å². The average Bonchev–Trinajstić information content (AvgIpc) is 2.00. The molecule has 0 fully saturated rings. The first-order valence-corrected chi connectivity index (χ1v) is 5.35. The minimum absolute atomic E-state index is 0. The second-order valence-corrected chi connectivity index (χ2v) is 4.25. The zero-order chi connectivity index (χ0) is 11.8. The second-order valence-electron chi connectivity index (χ2n) is 4.25. The van der Waals surface area contributed by atoms with Gasteiger partial charge in [0.15, 0.2) is 0 Å². The van der Waals surface area contributed by atoms with E-state index in [-0.39, 0.29) is 141 Å². The first kappa shape index (κ1) is 24.6. The van der Waals surface area contributed by atoms with Crippen LogP contribution in [0.3, 0.4) is 0 Å². The van der Waals surface area contributed by atoms with Gasteiger partial charge in [0.1, 0.15) is 0 Å². The van der Waals surface area contributed by atoms with E-state index in [4.69, 9.17) is 0 Å². The summed E-state index contributed by atoms with van der Waals surface area (Å²) in [6.07, 6.45) is 0.692. The third-order valence-corrected chi connectivity index (χ3v) is 1.70. The first-order chi connectivity index (χ1) is 6.91. The third-order valence-electron chi connectivity index (χ3n) is 1.70. The Balaban J connectivity index is -0.000000980. The maximum Gasteiger partial charge on any atom is 1.00 e. The Morgan fingerprint density at radius 2 is 1.53 bits per heavy atom. The number of hydrogen-bond donors (Lipinski definition) is 0. The average molecular weight is 383 g/mol. The van der Waals surface area contributed by atoms with Crippen molar-refractivity contribution >= 4 is 11.8 Å². The van der Waals surface area contributed by atoms with Crippen molar-refractivity contribution in [1.29, 1.82) is 0 Å². The van der Waals surface area contributed by atoms with E-state index in [1.54, 1.807) is 13.8 Å². The van der Waals surface area contributed by atoms with Gasteiger partial charge in [-0.05, 0) is 5.92 Å². The Morgan fingerprint density at radius 3 is 1.94 bits per heavy atom. The van der Waals surface area contributed by atoms with E-state index in [0.717, 1.165) is 6.42 Å². The molecule has 88 valence electrons. The molecule has 0 radical (unpaired) electrons. The molecule has 0 unspecified atom stereocenters. The van der Waals surface area contributed by atoms with Crippen LogP contribution in [-0.2, 0) is 9.59 Å². The summed E-state index contributed by atoms with van der Waals surface area (Å²) < 4.78 is 0. The van der Waals surface area contributed by atoms with Gasteiger partial charge in [0.05, 0.1) is 11.8 Å². The first-order valence-electron chi connectivity index (χ1n) is 5.35. The predicted molar refractivity (Wildman–Crippen MR) is 60.8 cm³/mol. The topological polar surface area (TPSA) is 62.3 Å². The maximum atomic E-state index is 11.2. The van der Waals surface area contributed by atoms with Gasteiger partial charge < -0.3 is 20.2 Å². The molecular weight excluding hydrogens is 363 g/mol. The van der Waals surface area contributed by atoms with Crippen molar-refractivity contribution in [2.45, 2.75) is 46.6 Å². The SMILES string of the molecule is CC(C)CC[N-]C(=O)CC(=O)[N-]C(C)C.[Rb+].[Rb+]. The van der Waals surface area contributed by atoms with Crippen LogP contribution in [0, 0.1) is 5.92 Å². The van der Waals surface area contributed by atoms with Crippen molar-refractivity contribution < 1.29 is 126 Å². The molecule has 0 aromatic heterocycles. The zero-order valence-electron chi connectivity index (χ0n) is 12.0. The van der Waals surface area contributed by atoms with Crippen molar-refractivity contribution in [2.24, 2.45) is 5.92 Å². The number of amides is 2. The van der Waals surface area contributed by atoms with Gasteiger partial charge in [-0.1, -0.05) is 34.1 Å². The van der Waals surface area contributed by atoms with Gasteiger partial charge in [-0.15, -0.1) is 12.6 Å². The molecule has 0 aliphatic rings. The van der Waals surface area contributed by atoms with E-state index in [2.05, 4.69) is 24.5 Å². The summed E-state index contributed by atoms with van der Waals surface area (Å²) in [6.45, 7) is 8.25. The van der Waals surface area contributed by atoms with Crippen molar-refractivity contribution in [3.63, 3.8) is 0 Å². The molecule has 0 saturated carbocycles. The molecule has 0 aromatic rings. The molecule has 0 spiro atoms. The van der Waals surface area contributed by atoms with Gasteiger partial charge in [0, 0.05) is 6.42 Å². The number of carbonyl (C=O) groups excluding carboxylic acids is 2. The van der Waals surface area contributed by atoms with E-state index in [0.29, 0.717) is 12.5 Å². The van der Waals surface area contributed by atoms with Crippen LogP contribution in [0.4, 0.5) is 0 Å². The van der Waals surface area contributed by atoms with Crippen LogP contribution in [0.5, 0.6) is 0 Å². The zero-order valence-corrected chi connectivity index (χ0v) is 21.8. The normalized spacial score (nSPS) is 9.29. The molecule has 0 bridgehead atoms. The van der Waals surface area contributed by atoms with E-state index in [1.807, 2.05) is 0 Å². The van der Waals surface area contributed by atoms with Gasteiger partial charge in [0.2, 0.25) is 0 Å². The van der Waals surface area contributed by atoms with Crippen LogP contribution in [0.25, 0.3) is 10.6 Å². The fourth-order valence-corrected chi connectivity index (χ4v) is 0.966. The third kappa shape index (κ3) is 18.6. The minimum Gasteiger partial charge on any atom is -0.653 e. The van der Waals surface area contributed by atoms with Gasteiger partial charge >= 0.3 is 116 Å². The quantitative estimate of drug-likeness (QED) is 0.450. The van der Waals surface area contributed by atoms with Crippen molar-refractivity contribution in [3.05, 3.63) is 10.6 Å². The van der Waals surface area contributed by atoms with Crippen LogP contribution in [0.15, 0.2) is 0 Å². The summed E-state index contributed by atoms with van der Waals surface area (Å²) in [5.41, 5.74) is 0. The standard InChI is InChI=1S/C11H22N2O2.2Rb/c1-8(2)5-6-12-10(14)7-11(15)13-9(3)4;;/h8-9H,5-7H2,1-4H3,(H2,12,13,14,15);;/q;2*+1/p-2. The molecule has 0 aromatic carbocycles. The van der Waals surface area contributed by atoms with Crippen LogP contribution < -0.4 is 116 Å². The maximum absolute atomic E-state index is 11.2. The Labute approximate surface area is 202 Å². The molecule has 0 rings (SSSR count). The molecule has 6 heteroatoms. The van der Waals surface area contributed by atoms with E-state index in [9.17, 15) is 9.59 Å². The van der Waals surface area contributed by atoms with Crippen molar-refractivity contribution in [3.8, 4) is 0 Å². The van der Waals surface area contributed by atoms with Crippen LogP contribution in [0.1, 0.15) is 40.5 Å². The van der Waals surface area contributed by atoms with Crippen LogP contribution in [-0.4, -0.2) is 24.4 Å². The Bertz CT molecular complexity index is 222. The predicted octanol–water partition coefficient (Wildman–Crippen LogP) is -3.36. The van der Waals surface area contributed by atoms with Gasteiger partial charge in [0.25, 0.3) is 0 Å². The van der Waals surface area contributed by atoms with Gasteiger partial charge in [-0.2, -0.15) is 0 Å². The second kappa shape index (κ2) is 14.9. The molecule has 4 nitrogen and oxygen atoms in total. The molecule has 0 aliphatic carbocycles. The van der Waals surface area contributed by atoms with Crippen LogP contribution in [0.2, 0.25) is 0 Å². The smallest absolute Gasteiger partial charge is 0.653 e. The molecule has 0 N–H and O–H groups in total.